The van der Waals surface area contributed by atoms with E-state index in [2.05, 4.69) is 36.1 Å². The molecule has 1 N–H and O–H groups in total. The molecular formula is C14H25N3O. The minimum atomic E-state index is 0.0210. The number of aromatic nitrogens is 2. The predicted octanol–water partition coefficient (Wildman–Crippen LogP) is 2.71. The predicted molar refractivity (Wildman–Crippen MR) is 73.2 cm³/mol. The standard InChI is InChI=1S/C14H25N3O/c1-5-6-13(18-4)14-16-9-12(10-17-14)8-15-7-11(2)3/h9-11,13,15H,5-8H2,1-4H3. The van der Waals surface area contributed by atoms with E-state index < -0.39 is 0 Å². The fourth-order valence-electron chi connectivity index (χ4n) is 1.74. The fraction of sp³-hybridized carbons (Fsp3) is 0.714. The second-order valence-corrected chi connectivity index (χ2v) is 4.99. The molecule has 0 amide bonds. The molecule has 1 heterocycles. The molecule has 0 aliphatic rings. The maximum atomic E-state index is 5.39. The van der Waals surface area contributed by atoms with Crippen molar-refractivity contribution in [2.75, 3.05) is 13.7 Å². The molecule has 0 aliphatic carbocycles. The van der Waals surface area contributed by atoms with Crippen molar-refractivity contribution in [2.45, 2.75) is 46.3 Å². The summed E-state index contributed by atoms with van der Waals surface area (Å²) in [6.07, 6.45) is 5.82. The Balaban J connectivity index is 2.50. The van der Waals surface area contributed by atoms with E-state index in [1.54, 1.807) is 7.11 Å². The Morgan fingerprint density at radius 3 is 2.44 bits per heavy atom. The van der Waals surface area contributed by atoms with Crippen LogP contribution in [0.3, 0.4) is 0 Å². The lowest BCUT2D eigenvalue weighted by molar-refractivity contribution is 0.0875. The van der Waals surface area contributed by atoms with Crippen molar-refractivity contribution >= 4 is 0 Å². The van der Waals surface area contributed by atoms with Gasteiger partial charge in [0.2, 0.25) is 0 Å². The van der Waals surface area contributed by atoms with Crippen molar-refractivity contribution in [1.29, 1.82) is 0 Å². The number of nitrogens with one attached hydrogen (secondary N) is 1. The summed E-state index contributed by atoms with van der Waals surface area (Å²) in [5.74, 6) is 1.44. The highest BCUT2D eigenvalue weighted by atomic mass is 16.5. The Hall–Kier alpha value is -1.00. The first-order valence-corrected chi connectivity index (χ1v) is 6.71. The molecule has 0 saturated carbocycles. The molecule has 0 fully saturated rings. The molecule has 1 unspecified atom stereocenters. The van der Waals surface area contributed by atoms with Crippen LogP contribution in [0.15, 0.2) is 12.4 Å². The Morgan fingerprint density at radius 1 is 1.28 bits per heavy atom. The van der Waals surface area contributed by atoms with Gasteiger partial charge < -0.3 is 10.1 Å². The number of hydrogen-bond acceptors (Lipinski definition) is 4. The van der Waals surface area contributed by atoms with Crippen molar-refractivity contribution in [2.24, 2.45) is 5.92 Å². The van der Waals surface area contributed by atoms with Crippen LogP contribution in [0, 0.1) is 5.92 Å². The average molecular weight is 251 g/mol. The second-order valence-electron chi connectivity index (χ2n) is 4.99. The first kappa shape index (κ1) is 15.1. The van der Waals surface area contributed by atoms with E-state index >= 15 is 0 Å². The molecule has 102 valence electrons. The van der Waals surface area contributed by atoms with Crippen LogP contribution in [0.4, 0.5) is 0 Å². The van der Waals surface area contributed by atoms with Gasteiger partial charge in [0.05, 0.1) is 0 Å². The Bertz CT molecular complexity index is 324. The van der Waals surface area contributed by atoms with Crippen molar-refractivity contribution < 1.29 is 4.74 Å². The van der Waals surface area contributed by atoms with Gasteiger partial charge in [-0.25, -0.2) is 9.97 Å². The van der Waals surface area contributed by atoms with Gasteiger partial charge in [0, 0.05) is 31.6 Å². The van der Waals surface area contributed by atoms with Crippen LogP contribution in [-0.2, 0) is 11.3 Å². The lowest BCUT2D eigenvalue weighted by Gasteiger charge is -2.13. The monoisotopic (exact) mass is 251 g/mol. The lowest BCUT2D eigenvalue weighted by Crippen LogP contribution is -2.19. The van der Waals surface area contributed by atoms with E-state index in [-0.39, 0.29) is 6.10 Å². The van der Waals surface area contributed by atoms with Crippen LogP contribution >= 0.6 is 0 Å². The normalized spacial score (nSPS) is 12.9. The third-order valence-electron chi connectivity index (χ3n) is 2.73. The largest absolute Gasteiger partial charge is 0.373 e. The summed E-state index contributed by atoms with van der Waals surface area (Å²) >= 11 is 0. The highest BCUT2D eigenvalue weighted by Crippen LogP contribution is 2.17. The molecule has 0 bridgehead atoms. The van der Waals surface area contributed by atoms with Gasteiger partial charge >= 0.3 is 0 Å². The number of methoxy groups -OCH3 is 1. The SMILES string of the molecule is CCCC(OC)c1ncc(CNCC(C)C)cn1. The maximum absolute atomic E-state index is 5.39. The van der Waals surface area contributed by atoms with Crippen LogP contribution < -0.4 is 5.32 Å². The second kappa shape index (κ2) is 8.16. The van der Waals surface area contributed by atoms with Gasteiger partial charge in [0.25, 0.3) is 0 Å². The zero-order valence-corrected chi connectivity index (χ0v) is 11.9. The maximum Gasteiger partial charge on any atom is 0.157 e. The Kier molecular flexibility index (Phi) is 6.83. The zero-order chi connectivity index (χ0) is 13.4. The first-order valence-electron chi connectivity index (χ1n) is 6.71. The lowest BCUT2D eigenvalue weighted by atomic mass is 10.2. The van der Waals surface area contributed by atoms with E-state index in [0.29, 0.717) is 5.92 Å². The summed E-state index contributed by atoms with van der Waals surface area (Å²) in [6.45, 7) is 8.36. The van der Waals surface area contributed by atoms with Gasteiger partial charge in [-0.15, -0.1) is 0 Å². The Labute approximate surface area is 110 Å². The first-order chi connectivity index (χ1) is 8.67. The van der Waals surface area contributed by atoms with Crippen molar-refractivity contribution in [3.63, 3.8) is 0 Å². The summed E-state index contributed by atoms with van der Waals surface area (Å²) < 4.78 is 5.39. The van der Waals surface area contributed by atoms with Gasteiger partial charge in [-0.1, -0.05) is 27.2 Å². The number of rotatable bonds is 8. The van der Waals surface area contributed by atoms with Crippen LogP contribution in [-0.4, -0.2) is 23.6 Å². The molecule has 4 nitrogen and oxygen atoms in total. The molecule has 4 heteroatoms. The molecule has 18 heavy (non-hydrogen) atoms. The summed E-state index contributed by atoms with van der Waals surface area (Å²) in [5, 5.41) is 3.38. The molecule has 0 radical (unpaired) electrons. The minimum absolute atomic E-state index is 0.0210. The quantitative estimate of drug-likeness (QED) is 0.771. The fourth-order valence-corrected chi connectivity index (χ4v) is 1.74. The summed E-state index contributed by atoms with van der Waals surface area (Å²) in [7, 11) is 1.71. The third kappa shape index (κ3) is 5.10. The highest BCUT2D eigenvalue weighted by Gasteiger charge is 2.11. The molecule has 0 saturated heterocycles. The van der Waals surface area contributed by atoms with Gasteiger partial charge in [0.15, 0.2) is 5.82 Å². The Morgan fingerprint density at radius 2 is 1.94 bits per heavy atom. The molecule has 1 atom stereocenters. The summed E-state index contributed by atoms with van der Waals surface area (Å²) in [6, 6.07) is 0. The van der Waals surface area contributed by atoms with E-state index in [1.165, 1.54) is 0 Å². The van der Waals surface area contributed by atoms with Crippen molar-refractivity contribution in [3.8, 4) is 0 Å². The summed E-state index contributed by atoms with van der Waals surface area (Å²) in [5.41, 5.74) is 1.12. The van der Waals surface area contributed by atoms with Gasteiger partial charge in [-0.3, -0.25) is 0 Å². The van der Waals surface area contributed by atoms with Crippen molar-refractivity contribution in [3.05, 3.63) is 23.8 Å². The molecule has 1 rings (SSSR count). The molecule has 1 aromatic rings. The smallest absolute Gasteiger partial charge is 0.157 e. The van der Waals surface area contributed by atoms with E-state index in [1.807, 2.05) is 12.4 Å². The van der Waals surface area contributed by atoms with E-state index in [4.69, 9.17) is 4.74 Å². The topological polar surface area (TPSA) is 47.0 Å². The molecular weight excluding hydrogens is 226 g/mol. The molecule has 0 aliphatic heterocycles. The van der Waals surface area contributed by atoms with Crippen LogP contribution in [0.1, 0.15) is 51.1 Å². The van der Waals surface area contributed by atoms with E-state index in [9.17, 15) is 0 Å². The van der Waals surface area contributed by atoms with Crippen LogP contribution in [0.5, 0.6) is 0 Å². The number of ether oxygens (including phenoxy) is 1. The number of hydrogen-bond donors (Lipinski definition) is 1. The molecule has 1 aromatic heterocycles. The minimum Gasteiger partial charge on any atom is -0.373 e. The van der Waals surface area contributed by atoms with Crippen molar-refractivity contribution in [1.82, 2.24) is 15.3 Å². The van der Waals surface area contributed by atoms with E-state index in [0.717, 1.165) is 37.3 Å². The summed E-state index contributed by atoms with van der Waals surface area (Å²) in [4.78, 5) is 8.78. The molecule has 0 spiro atoms. The number of nitrogens with zero attached hydrogens (tertiary/aromatic N) is 2. The molecule has 0 aromatic carbocycles. The third-order valence-corrected chi connectivity index (χ3v) is 2.73. The van der Waals surface area contributed by atoms with Gasteiger partial charge in [0.1, 0.15) is 6.10 Å². The van der Waals surface area contributed by atoms with Crippen LogP contribution in [0.2, 0.25) is 0 Å². The van der Waals surface area contributed by atoms with Crippen LogP contribution in [0.25, 0.3) is 0 Å². The zero-order valence-electron chi connectivity index (χ0n) is 11.9. The highest BCUT2D eigenvalue weighted by molar-refractivity contribution is 5.06. The average Bonchev–Trinajstić information content (AvgIpc) is 2.36. The van der Waals surface area contributed by atoms with Gasteiger partial charge in [-0.2, -0.15) is 0 Å². The van der Waals surface area contributed by atoms with Gasteiger partial charge in [-0.05, 0) is 18.9 Å².